The van der Waals surface area contributed by atoms with Crippen molar-refractivity contribution in [2.24, 2.45) is 5.92 Å². The first kappa shape index (κ1) is 16.2. The molecular weight excluding hydrogens is 304 g/mol. The lowest BCUT2D eigenvalue weighted by molar-refractivity contribution is -0.128. The van der Waals surface area contributed by atoms with E-state index in [9.17, 15) is 9.59 Å². The third-order valence-electron chi connectivity index (χ3n) is 4.61. The van der Waals surface area contributed by atoms with Gasteiger partial charge in [0, 0.05) is 44.0 Å². The maximum Gasteiger partial charge on any atom is 0.267 e. The predicted octanol–water partition coefficient (Wildman–Crippen LogP) is 2.06. The SMILES string of the molecule is CCN1C(=O)C[C@@H](CNC(=O)c2[nH]ccc2C)[C@@H]1c1cccnc1. The molecule has 0 saturated carbocycles. The molecule has 3 heterocycles. The molecule has 1 saturated heterocycles. The summed E-state index contributed by atoms with van der Waals surface area (Å²) in [6.45, 7) is 4.98. The Hall–Kier alpha value is -2.63. The van der Waals surface area contributed by atoms with Crippen LogP contribution in [-0.2, 0) is 4.79 Å². The van der Waals surface area contributed by atoms with Crippen LogP contribution < -0.4 is 5.32 Å². The van der Waals surface area contributed by atoms with Gasteiger partial charge in [-0.05, 0) is 37.1 Å². The number of aromatic nitrogens is 2. The van der Waals surface area contributed by atoms with Crippen molar-refractivity contribution in [2.75, 3.05) is 13.1 Å². The standard InChI is InChI=1S/C18H22N4O2/c1-3-22-15(23)9-14(17(22)13-5-4-7-19-10-13)11-21-18(24)16-12(2)6-8-20-16/h4-8,10,14,17,20H,3,9,11H2,1-2H3,(H,21,24)/t14-,17-/m0/s1. The third-order valence-corrected chi connectivity index (χ3v) is 4.61. The lowest BCUT2D eigenvalue weighted by atomic mass is 9.94. The number of carbonyl (C=O) groups is 2. The molecule has 1 aliphatic heterocycles. The topological polar surface area (TPSA) is 78.1 Å². The van der Waals surface area contributed by atoms with Gasteiger partial charge in [-0.3, -0.25) is 14.6 Å². The van der Waals surface area contributed by atoms with Gasteiger partial charge in [0.2, 0.25) is 5.91 Å². The predicted molar refractivity (Wildman–Crippen MR) is 90.3 cm³/mol. The number of hydrogen-bond acceptors (Lipinski definition) is 3. The van der Waals surface area contributed by atoms with E-state index in [-0.39, 0.29) is 23.8 Å². The Morgan fingerprint density at radius 3 is 2.92 bits per heavy atom. The van der Waals surface area contributed by atoms with E-state index in [0.29, 0.717) is 25.2 Å². The van der Waals surface area contributed by atoms with E-state index in [0.717, 1.165) is 11.1 Å². The number of likely N-dealkylation sites (tertiary alicyclic amines) is 1. The van der Waals surface area contributed by atoms with Crippen LogP contribution in [0.3, 0.4) is 0 Å². The van der Waals surface area contributed by atoms with Crippen LogP contribution >= 0.6 is 0 Å². The Labute approximate surface area is 141 Å². The fraction of sp³-hybridized carbons (Fsp3) is 0.389. The van der Waals surface area contributed by atoms with Crippen LogP contribution in [0.2, 0.25) is 0 Å². The summed E-state index contributed by atoms with van der Waals surface area (Å²) in [5.41, 5.74) is 2.50. The highest BCUT2D eigenvalue weighted by Crippen LogP contribution is 2.37. The van der Waals surface area contributed by atoms with Crippen molar-refractivity contribution < 1.29 is 9.59 Å². The molecule has 2 aromatic rings. The summed E-state index contributed by atoms with van der Waals surface area (Å²) in [4.78, 5) is 33.6. The molecule has 1 aliphatic rings. The lowest BCUT2D eigenvalue weighted by Gasteiger charge is -2.27. The molecular formula is C18H22N4O2. The second-order valence-electron chi connectivity index (χ2n) is 6.12. The average Bonchev–Trinajstić information content (AvgIpc) is 3.16. The van der Waals surface area contributed by atoms with Crippen LogP contribution in [0.25, 0.3) is 0 Å². The molecule has 0 aliphatic carbocycles. The smallest absolute Gasteiger partial charge is 0.267 e. The van der Waals surface area contributed by atoms with Gasteiger partial charge in [-0.2, -0.15) is 0 Å². The molecule has 0 unspecified atom stereocenters. The van der Waals surface area contributed by atoms with Gasteiger partial charge in [-0.1, -0.05) is 6.07 Å². The number of hydrogen-bond donors (Lipinski definition) is 2. The van der Waals surface area contributed by atoms with Crippen molar-refractivity contribution in [3.63, 3.8) is 0 Å². The van der Waals surface area contributed by atoms with Gasteiger partial charge < -0.3 is 15.2 Å². The van der Waals surface area contributed by atoms with Crippen molar-refractivity contribution >= 4 is 11.8 Å². The van der Waals surface area contributed by atoms with E-state index in [1.54, 1.807) is 18.6 Å². The molecule has 2 atom stereocenters. The summed E-state index contributed by atoms with van der Waals surface area (Å²) in [5, 5.41) is 2.96. The van der Waals surface area contributed by atoms with Gasteiger partial charge >= 0.3 is 0 Å². The van der Waals surface area contributed by atoms with E-state index in [2.05, 4.69) is 15.3 Å². The van der Waals surface area contributed by atoms with Crippen molar-refractivity contribution in [3.8, 4) is 0 Å². The van der Waals surface area contributed by atoms with E-state index in [1.165, 1.54) is 0 Å². The summed E-state index contributed by atoms with van der Waals surface area (Å²) >= 11 is 0. The largest absolute Gasteiger partial charge is 0.357 e. The highest BCUT2D eigenvalue weighted by atomic mass is 16.2. The van der Waals surface area contributed by atoms with Gasteiger partial charge in [0.15, 0.2) is 0 Å². The molecule has 2 amide bonds. The first-order chi connectivity index (χ1) is 11.6. The number of aromatic amines is 1. The molecule has 0 bridgehead atoms. The summed E-state index contributed by atoms with van der Waals surface area (Å²) in [7, 11) is 0. The molecule has 0 spiro atoms. The number of rotatable bonds is 5. The average molecular weight is 326 g/mol. The minimum absolute atomic E-state index is 0.0405. The van der Waals surface area contributed by atoms with E-state index in [4.69, 9.17) is 0 Å². The van der Waals surface area contributed by atoms with Crippen molar-refractivity contribution in [1.29, 1.82) is 0 Å². The Morgan fingerprint density at radius 2 is 2.29 bits per heavy atom. The third kappa shape index (κ3) is 3.04. The molecule has 6 nitrogen and oxygen atoms in total. The van der Waals surface area contributed by atoms with Crippen molar-refractivity contribution in [3.05, 3.63) is 53.6 Å². The summed E-state index contributed by atoms with van der Waals surface area (Å²) < 4.78 is 0. The number of pyridine rings is 1. The molecule has 6 heteroatoms. The Bertz CT molecular complexity index is 726. The van der Waals surface area contributed by atoms with E-state index in [1.807, 2.05) is 36.9 Å². The van der Waals surface area contributed by atoms with Crippen LogP contribution in [0.5, 0.6) is 0 Å². The zero-order chi connectivity index (χ0) is 17.1. The van der Waals surface area contributed by atoms with Crippen LogP contribution in [0, 0.1) is 12.8 Å². The molecule has 0 aromatic carbocycles. The monoisotopic (exact) mass is 326 g/mol. The fourth-order valence-electron chi connectivity index (χ4n) is 3.43. The van der Waals surface area contributed by atoms with Gasteiger partial charge in [0.25, 0.3) is 5.91 Å². The second-order valence-corrected chi connectivity index (χ2v) is 6.12. The normalized spacial score (nSPS) is 20.4. The van der Waals surface area contributed by atoms with Gasteiger partial charge in [0.1, 0.15) is 5.69 Å². The Kier molecular flexibility index (Phi) is 4.64. The van der Waals surface area contributed by atoms with Crippen molar-refractivity contribution in [1.82, 2.24) is 20.2 Å². The number of aryl methyl sites for hydroxylation is 1. The summed E-state index contributed by atoms with van der Waals surface area (Å²) in [6.07, 6.45) is 5.72. The number of nitrogens with zero attached hydrogens (tertiary/aromatic N) is 2. The minimum atomic E-state index is -0.134. The molecule has 2 aromatic heterocycles. The van der Waals surface area contributed by atoms with Gasteiger partial charge in [0.05, 0.1) is 6.04 Å². The van der Waals surface area contributed by atoms with Crippen LogP contribution in [0.4, 0.5) is 0 Å². The fourth-order valence-corrected chi connectivity index (χ4v) is 3.43. The van der Waals surface area contributed by atoms with Crippen molar-refractivity contribution in [2.45, 2.75) is 26.3 Å². The summed E-state index contributed by atoms with van der Waals surface area (Å²) in [5.74, 6) is 0.0346. The van der Waals surface area contributed by atoms with Gasteiger partial charge in [-0.15, -0.1) is 0 Å². The maximum absolute atomic E-state index is 12.3. The first-order valence-corrected chi connectivity index (χ1v) is 8.23. The number of amides is 2. The molecule has 3 rings (SSSR count). The number of nitrogens with one attached hydrogen (secondary N) is 2. The maximum atomic E-state index is 12.3. The lowest BCUT2D eigenvalue weighted by Crippen LogP contribution is -2.34. The molecule has 1 fully saturated rings. The highest BCUT2D eigenvalue weighted by Gasteiger charge is 2.39. The van der Waals surface area contributed by atoms with Gasteiger partial charge in [-0.25, -0.2) is 0 Å². The zero-order valence-corrected chi connectivity index (χ0v) is 14.0. The molecule has 0 radical (unpaired) electrons. The number of H-pyrrole nitrogens is 1. The minimum Gasteiger partial charge on any atom is -0.357 e. The second kappa shape index (κ2) is 6.86. The Balaban J connectivity index is 1.75. The van der Waals surface area contributed by atoms with E-state index < -0.39 is 0 Å². The molecule has 2 N–H and O–H groups in total. The summed E-state index contributed by atoms with van der Waals surface area (Å²) in [6, 6.07) is 5.69. The highest BCUT2D eigenvalue weighted by molar-refractivity contribution is 5.93. The quantitative estimate of drug-likeness (QED) is 0.883. The zero-order valence-electron chi connectivity index (χ0n) is 14.0. The molecule has 126 valence electrons. The van der Waals surface area contributed by atoms with Crippen LogP contribution in [0.15, 0.2) is 36.8 Å². The Morgan fingerprint density at radius 1 is 1.46 bits per heavy atom. The van der Waals surface area contributed by atoms with Crippen LogP contribution in [-0.4, -0.2) is 39.8 Å². The van der Waals surface area contributed by atoms with Crippen LogP contribution in [0.1, 0.15) is 41.0 Å². The number of carbonyl (C=O) groups excluding carboxylic acids is 2. The van der Waals surface area contributed by atoms with E-state index >= 15 is 0 Å². The molecule has 24 heavy (non-hydrogen) atoms. The first-order valence-electron chi connectivity index (χ1n) is 8.23.